The van der Waals surface area contributed by atoms with Crippen LogP contribution in [0.2, 0.25) is 0 Å². The zero-order valence-corrected chi connectivity index (χ0v) is 13.8. The summed E-state index contributed by atoms with van der Waals surface area (Å²) in [5.41, 5.74) is 1.21. The third-order valence-corrected chi connectivity index (χ3v) is 4.69. The largest absolute Gasteiger partial charge is 0.493 e. The smallest absolute Gasteiger partial charge is 0.236 e. The summed E-state index contributed by atoms with van der Waals surface area (Å²) in [5, 5.41) is 6.00. The summed E-state index contributed by atoms with van der Waals surface area (Å²) in [4.78, 5) is 5.42. The van der Waals surface area contributed by atoms with E-state index in [9.17, 15) is 0 Å². The number of aromatic nitrogens is 2. The van der Waals surface area contributed by atoms with Crippen molar-refractivity contribution in [3.05, 3.63) is 53.2 Å². The Hall–Kier alpha value is -1.79. The number of hydrogen-bond acceptors (Lipinski definition) is 6. The molecule has 0 aliphatic rings. The minimum Gasteiger partial charge on any atom is -0.493 e. The third kappa shape index (κ3) is 4.11. The van der Waals surface area contributed by atoms with E-state index in [4.69, 9.17) is 9.26 Å². The number of ether oxygens (including phenoxy) is 1. The lowest BCUT2D eigenvalue weighted by Gasteiger charge is -2.05. The maximum absolute atomic E-state index is 5.70. The summed E-state index contributed by atoms with van der Waals surface area (Å²) in [6.45, 7) is 2.72. The lowest BCUT2D eigenvalue weighted by Crippen LogP contribution is -2.00. The van der Waals surface area contributed by atoms with Crippen LogP contribution in [-0.4, -0.2) is 22.5 Å². The van der Waals surface area contributed by atoms with Crippen molar-refractivity contribution in [3.8, 4) is 16.5 Å². The molecular formula is C16H16N2O2S2. The van der Waals surface area contributed by atoms with Crippen molar-refractivity contribution in [2.24, 2.45) is 0 Å². The molecule has 0 radical (unpaired) electrons. The maximum atomic E-state index is 5.70. The summed E-state index contributed by atoms with van der Waals surface area (Å²) in [5.74, 6) is 3.82. The molecule has 0 amide bonds. The predicted molar refractivity (Wildman–Crippen MR) is 90.4 cm³/mol. The van der Waals surface area contributed by atoms with Gasteiger partial charge in [0, 0.05) is 5.75 Å². The van der Waals surface area contributed by atoms with Gasteiger partial charge in [0.1, 0.15) is 5.75 Å². The molecule has 0 unspecified atom stereocenters. The quantitative estimate of drug-likeness (QED) is 0.599. The van der Waals surface area contributed by atoms with Crippen LogP contribution in [0.5, 0.6) is 5.75 Å². The SMILES string of the molecule is Cc1cccc(OCCSCc2nc(-c3cccs3)no2)c1. The Morgan fingerprint density at radius 2 is 2.23 bits per heavy atom. The molecule has 0 fully saturated rings. The summed E-state index contributed by atoms with van der Waals surface area (Å²) >= 11 is 3.33. The van der Waals surface area contributed by atoms with Gasteiger partial charge in [0.15, 0.2) is 0 Å². The topological polar surface area (TPSA) is 48.2 Å². The second-order valence-corrected chi connectivity index (χ2v) is 6.76. The molecule has 3 rings (SSSR count). The van der Waals surface area contributed by atoms with Crippen molar-refractivity contribution in [1.82, 2.24) is 10.1 Å². The highest BCUT2D eigenvalue weighted by Crippen LogP contribution is 2.22. The van der Waals surface area contributed by atoms with Gasteiger partial charge in [-0.15, -0.1) is 23.1 Å². The van der Waals surface area contributed by atoms with Gasteiger partial charge in [-0.1, -0.05) is 23.4 Å². The standard InChI is InChI=1S/C16H16N2O2S2/c1-12-4-2-5-13(10-12)19-7-9-21-11-15-17-16(18-20-15)14-6-3-8-22-14/h2-6,8,10H,7,9,11H2,1H3. The Kier molecular flexibility index (Phi) is 5.13. The van der Waals surface area contributed by atoms with Crippen LogP contribution < -0.4 is 4.74 Å². The van der Waals surface area contributed by atoms with E-state index in [1.807, 2.05) is 35.7 Å². The van der Waals surface area contributed by atoms with Crippen LogP contribution >= 0.6 is 23.1 Å². The van der Waals surface area contributed by atoms with E-state index in [1.165, 1.54) is 5.56 Å². The monoisotopic (exact) mass is 332 g/mol. The third-order valence-electron chi connectivity index (χ3n) is 2.92. The van der Waals surface area contributed by atoms with Gasteiger partial charge >= 0.3 is 0 Å². The number of nitrogens with zero attached hydrogens (tertiary/aromatic N) is 2. The van der Waals surface area contributed by atoms with Gasteiger partial charge in [-0.05, 0) is 36.1 Å². The Labute approximate surface area is 137 Å². The molecule has 0 aliphatic heterocycles. The van der Waals surface area contributed by atoms with Crippen molar-refractivity contribution in [2.75, 3.05) is 12.4 Å². The van der Waals surface area contributed by atoms with E-state index in [2.05, 4.69) is 23.1 Å². The second kappa shape index (κ2) is 7.47. The van der Waals surface area contributed by atoms with E-state index in [0.717, 1.165) is 16.4 Å². The van der Waals surface area contributed by atoms with E-state index < -0.39 is 0 Å². The number of hydrogen-bond donors (Lipinski definition) is 0. The first-order valence-electron chi connectivity index (χ1n) is 6.95. The Balaban J connectivity index is 1.40. The molecule has 2 aromatic heterocycles. The van der Waals surface area contributed by atoms with Crippen molar-refractivity contribution in [1.29, 1.82) is 0 Å². The van der Waals surface area contributed by atoms with Crippen LogP contribution in [0.1, 0.15) is 11.5 Å². The molecule has 0 saturated carbocycles. The number of benzene rings is 1. The zero-order chi connectivity index (χ0) is 15.2. The Morgan fingerprint density at radius 3 is 3.05 bits per heavy atom. The van der Waals surface area contributed by atoms with Gasteiger partial charge in [-0.3, -0.25) is 0 Å². The highest BCUT2D eigenvalue weighted by atomic mass is 32.2. The molecule has 1 aromatic carbocycles. The second-order valence-electron chi connectivity index (χ2n) is 4.71. The number of thioether (sulfide) groups is 1. The van der Waals surface area contributed by atoms with Gasteiger partial charge in [0.2, 0.25) is 11.7 Å². The molecule has 0 saturated heterocycles. The first-order chi connectivity index (χ1) is 10.8. The van der Waals surface area contributed by atoms with Gasteiger partial charge in [0.05, 0.1) is 17.2 Å². The molecule has 2 heterocycles. The summed E-state index contributed by atoms with van der Waals surface area (Å²) in [7, 11) is 0. The van der Waals surface area contributed by atoms with Gasteiger partial charge in [-0.25, -0.2) is 0 Å². The average molecular weight is 332 g/mol. The maximum Gasteiger partial charge on any atom is 0.236 e. The molecule has 22 heavy (non-hydrogen) atoms. The molecule has 0 atom stereocenters. The van der Waals surface area contributed by atoms with Gasteiger partial charge in [-0.2, -0.15) is 4.98 Å². The molecule has 0 bridgehead atoms. The fourth-order valence-corrected chi connectivity index (χ4v) is 3.19. The summed E-state index contributed by atoms with van der Waals surface area (Å²) < 4.78 is 11.0. The summed E-state index contributed by atoms with van der Waals surface area (Å²) in [6.07, 6.45) is 0. The van der Waals surface area contributed by atoms with Crippen LogP contribution in [0, 0.1) is 6.92 Å². The normalized spacial score (nSPS) is 10.8. The molecular weight excluding hydrogens is 316 g/mol. The average Bonchev–Trinajstić information content (AvgIpc) is 3.18. The first-order valence-corrected chi connectivity index (χ1v) is 8.98. The van der Waals surface area contributed by atoms with Gasteiger partial charge in [0.25, 0.3) is 0 Å². The van der Waals surface area contributed by atoms with E-state index in [-0.39, 0.29) is 0 Å². The molecule has 0 aliphatic carbocycles. The van der Waals surface area contributed by atoms with E-state index in [0.29, 0.717) is 24.1 Å². The van der Waals surface area contributed by atoms with E-state index in [1.54, 1.807) is 23.1 Å². The molecule has 4 nitrogen and oxygen atoms in total. The highest BCUT2D eigenvalue weighted by Gasteiger charge is 2.09. The minimum absolute atomic E-state index is 0.656. The Bertz CT molecular complexity index is 711. The van der Waals surface area contributed by atoms with Crippen LogP contribution in [0.15, 0.2) is 46.3 Å². The number of thiophene rings is 1. The fourth-order valence-electron chi connectivity index (χ4n) is 1.90. The lowest BCUT2D eigenvalue weighted by atomic mass is 10.2. The fraction of sp³-hybridized carbons (Fsp3) is 0.250. The van der Waals surface area contributed by atoms with Crippen LogP contribution in [0.25, 0.3) is 10.7 Å². The predicted octanol–water partition coefficient (Wildman–Crippen LogP) is 4.42. The van der Waals surface area contributed by atoms with E-state index >= 15 is 0 Å². The number of rotatable bonds is 7. The van der Waals surface area contributed by atoms with Crippen molar-refractivity contribution in [3.63, 3.8) is 0 Å². The Morgan fingerprint density at radius 1 is 1.27 bits per heavy atom. The van der Waals surface area contributed by atoms with Crippen LogP contribution in [0.3, 0.4) is 0 Å². The van der Waals surface area contributed by atoms with Crippen LogP contribution in [0.4, 0.5) is 0 Å². The molecule has 0 N–H and O–H groups in total. The van der Waals surface area contributed by atoms with Crippen LogP contribution in [-0.2, 0) is 5.75 Å². The van der Waals surface area contributed by atoms with Gasteiger partial charge < -0.3 is 9.26 Å². The molecule has 6 heteroatoms. The van der Waals surface area contributed by atoms with Crippen molar-refractivity contribution in [2.45, 2.75) is 12.7 Å². The number of aryl methyl sites for hydroxylation is 1. The minimum atomic E-state index is 0.656. The summed E-state index contributed by atoms with van der Waals surface area (Å²) in [6, 6.07) is 12.0. The molecule has 3 aromatic rings. The first kappa shape index (κ1) is 15.1. The van der Waals surface area contributed by atoms with Crippen molar-refractivity contribution < 1.29 is 9.26 Å². The van der Waals surface area contributed by atoms with Crippen molar-refractivity contribution >= 4 is 23.1 Å². The highest BCUT2D eigenvalue weighted by molar-refractivity contribution is 7.98. The molecule has 114 valence electrons. The molecule has 0 spiro atoms. The zero-order valence-electron chi connectivity index (χ0n) is 12.2. The lowest BCUT2D eigenvalue weighted by molar-refractivity contribution is 0.343.